The molecule has 5 heteroatoms. The second-order valence-electron chi connectivity index (χ2n) is 2.68. The van der Waals surface area contributed by atoms with Crippen LogP contribution in [0.25, 0.3) is 10.8 Å². The minimum atomic E-state index is -1.82. The van der Waals surface area contributed by atoms with Gasteiger partial charge in [0.15, 0.2) is 23.3 Å². The van der Waals surface area contributed by atoms with E-state index in [9.17, 15) is 17.6 Å². The van der Waals surface area contributed by atoms with Crippen LogP contribution in [0.1, 0.15) is 0 Å². The number of halogens is 4. The zero-order valence-electron chi connectivity index (χ0n) is 6.69. The van der Waals surface area contributed by atoms with Crippen LogP contribution in [0.2, 0.25) is 0 Å². The zero-order valence-corrected chi connectivity index (χ0v) is 6.69. The molecule has 0 amide bonds. The van der Waals surface area contributed by atoms with Gasteiger partial charge >= 0.3 is 0 Å². The lowest BCUT2D eigenvalue weighted by atomic mass is 10.1. The SMILES string of the molecule is Fc1c(F)c(F)c2cnccc2c1F. The van der Waals surface area contributed by atoms with Crippen molar-refractivity contribution in [2.24, 2.45) is 0 Å². The predicted octanol–water partition coefficient (Wildman–Crippen LogP) is 2.79. The van der Waals surface area contributed by atoms with Crippen LogP contribution in [0, 0.1) is 23.3 Å². The Balaban J connectivity index is 3.02. The van der Waals surface area contributed by atoms with Crippen molar-refractivity contribution in [3.8, 4) is 0 Å². The lowest BCUT2D eigenvalue weighted by molar-refractivity contribution is 0.418. The first-order chi connectivity index (χ1) is 6.63. The molecule has 14 heavy (non-hydrogen) atoms. The van der Waals surface area contributed by atoms with Crippen LogP contribution in [0.15, 0.2) is 18.5 Å². The monoisotopic (exact) mass is 201 g/mol. The molecule has 0 spiro atoms. The Morgan fingerprint density at radius 2 is 1.36 bits per heavy atom. The molecular weight excluding hydrogens is 198 g/mol. The second-order valence-corrected chi connectivity index (χ2v) is 2.68. The van der Waals surface area contributed by atoms with Crippen molar-refractivity contribution in [1.82, 2.24) is 4.98 Å². The summed E-state index contributed by atoms with van der Waals surface area (Å²) in [6.07, 6.45) is 2.11. The van der Waals surface area contributed by atoms with E-state index in [-0.39, 0.29) is 10.8 Å². The highest BCUT2D eigenvalue weighted by molar-refractivity contribution is 5.82. The first-order valence-corrected chi connectivity index (χ1v) is 3.68. The van der Waals surface area contributed by atoms with Crippen LogP contribution < -0.4 is 0 Å². The van der Waals surface area contributed by atoms with E-state index >= 15 is 0 Å². The number of pyridine rings is 1. The largest absolute Gasteiger partial charge is 0.264 e. The molecule has 0 atom stereocenters. The summed E-state index contributed by atoms with van der Waals surface area (Å²) >= 11 is 0. The Morgan fingerprint density at radius 1 is 0.786 bits per heavy atom. The molecule has 1 heterocycles. The van der Waals surface area contributed by atoms with Crippen molar-refractivity contribution in [1.29, 1.82) is 0 Å². The van der Waals surface area contributed by atoms with Gasteiger partial charge in [-0.05, 0) is 6.07 Å². The van der Waals surface area contributed by atoms with E-state index in [1.54, 1.807) is 0 Å². The zero-order chi connectivity index (χ0) is 10.3. The average Bonchev–Trinajstić information content (AvgIpc) is 2.23. The van der Waals surface area contributed by atoms with Crippen molar-refractivity contribution in [2.45, 2.75) is 0 Å². The van der Waals surface area contributed by atoms with Gasteiger partial charge in [-0.1, -0.05) is 0 Å². The van der Waals surface area contributed by atoms with Crippen LogP contribution in [-0.4, -0.2) is 4.98 Å². The maximum atomic E-state index is 13.0. The lowest BCUT2D eigenvalue weighted by Gasteiger charge is -2.02. The molecule has 1 aromatic carbocycles. The molecule has 1 aromatic heterocycles. The Bertz CT molecular complexity index is 463. The first-order valence-electron chi connectivity index (χ1n) is 3.68. The molecule has 0 aliphatic rings. The summed E-state index contributed by atoms with van der Waals surface area (Å²) in [5, 5.41) is -0.694. The number of nitrogens with zero attached hydrogens (tertiary/aromatic N) is 1. The molecule has 0 saturated carbocycles. The number of rotatable bonds is 0. The number of hydrogen-bond donors (Lipinski definition) is 0. The van der Waals surface area contributed by atoms with Crippen LogP contribution in [0.3, 0.4) is 0 Å². The van der Waals surface area contributed by atoms with Gasteiger partial charge in [0.2, 0.25) is 0 Å². The summed E-state index contributed by atoms with van der Waals surface area (Å²) in [7, 11) is 0. The van der Waals surface area contributed by atoms with Gasteiger partial charge in [-0.2, -0.15) is 0 Å². The Kier molecular flexibility index (Phi) is 1.87. The summed E-state index contributed by atoms with van der Waals surface area (Å²) in [6, 6.07) is 1.08. The van der Waals surface area contributed by atoms with E-state index in [4.69, 9.17) is 0 Å². The van der Waals surface area contributed by atoms with Gasteiger partial charge in [0.05, 0.1) is 0 Å². The maximum absolute atomic E-state index is 13.0. The van der Waals surface area contributed by atoms with E-state index in [0.29, 0.717) is 0 Å². The third-order valence-electron chi connectivity index (χ3n) is 1.87. The van der Waals surface area contributed by atoms with Crippen molar-refractivity contribution in [3.63, 3.8) is 0 Å². The van der Waals surface area contributed by atoms with Crippen LogP contribution in [0.5, 0.6) is 0 Å². The number of benzene rings is 1. The third kappa shape index (κ3) is 1.05. The van der Waals surface area contributed by atoms with Crippen molar-refractivity contribution in [3.05, 3.63) is 41.7 Å². The fourth-order valence-corrected chi connectivity index (χ4v) is 1.19. The number of fused-ring (bicyclic) bond motifs is 1. The summed E-state index contributed by atoms with van der Waals surface area (Å²) in [6.45, 7) is 0. The Hall–Kier alpha value is -1.65. The highest BCUT2D eigenvalue weighted by atomic mass is 19.2. The maximum Gasteiger partial charge on any atom is 0.198 e. The molecule has 0 N–H and O–H groups in total. The number of hydrogen-bond acceptors (Lipinski definition) is 1. The van der Waals surface area contributed by atoms with E-state index < -0.39 is 23.3 Å². The predicted molar refractivity (Wildman–Crippen MR) is 41.6 cm³/mol. The Morgan fingerprint density at radius 3 is 2.00 bits per heavy atom. The lowest BCUT2D eigenvalue weighted by Crippen LogP contribution is -1.97. The van der Waals surface area contributed by atoms with Crippen LogP contribution >= 0.6 is 0 Å². The van der Waals surface area contributed by atoms with Gasteiger partial charge in [-0.15, -0.1) is 0 Å². The van der Waals surface area contributed by atoms with E-state index in [0.717, 1.165) is 12.3 Å². The smallest absolute Gasteiger partial charge is 0.198 e. The highest BCUT2D eigenvalue weighted by Gasteiger charge is 2.19. The molecule has 0 fully saturated rings. The second kappa shape index (κ2) is 2.94. The first kappa shape index (κ1) is 8.93. The van der Waals surface area contributed by atoms with Gasteiger partial charge in [0.1, 0.15) is 0 Å². The molecule has 0 radical (unpaired) electrons. The van der Waals surface area contributed by atoms with Crippen LogP contribution in [-0.2, 0) is 0 Å². The standard InChI is InChI=1S/C9H3F4N/c10-6-4-1-2-14-3-5(4)7(11)9(13)8(6)12/h1-3H. The minimum Gasteiger partial charge on any atom is -0.264 e. The molecule has 2 aromatic rings. The van der Waals surface area contributed by atoms with E-state index in [2.05, 4.69) is 4.98 Å². The summed E-state index contributed by atoms with van der Waals surface area (Å²) in [5.74, 6) is -6.45. The Labute approximate surface area is 76.0 Å². The van der Waals surface area contributed by atoms with Gasteiger partial charge in [0, 0.05) is 23.2 Å². The quantitative estimate of drug-likeness (QED) is 0.363. The molecule has 0 unspecified atom stereocenters. The average molecular weight is 201 g/mol. The summed E-state index contributed by atoms with van der Waals surface area (Å²) in [5.41, 5.74) is 0. The molecule has 0 aliphatic carbocycles. The fraction of sp³-hybridized carbons (Fsp3) is 0. The third-order valence-corrected chi connectivity index (χ3v) is 1.87. The minimum absolute atomic E-state index is 0.323. The molecule has 0 bridgehead atoms. The van der Waals surface area contributed by atoms with E-state index in [1.807, 2.05) is 0 Å². The molecule has 72 valence electrons. The van der Waals surface area contributed by atoms with Gasteiger partial charge in [-0.3, -0.25) is 4.98 Å². The molecule has 0 aliphatic heterocycles. The fourth-order valence-electron chi connectivity index (χ4n) is 1.19. The number of aromatic nitrogens is 1. The van der Waals surface area contributed by atoms with Gasteiger partial charge in [-0.25, -0.2) is 17.6 Å². The molecule has 2 rings (SSSR count). The van der Waals surface area contributed by atoms with Crippen molar-refractivity contribution in [2.75, 3.05) is 0 Å². The molecule has 1 nitrogen and oxygen atoms in total. The normalized spacial score (nSPS) is 10.9. The van der Waals surface area contributed by atoms with Crippen molar-refractivity contribution >= 4 is 10.8 Å². The van der Waals surface area contributed by atoms with Gasteiger partial charge in [0.25, 0.3) is 0 Å². The van der Waals surface area contributed by atoms with Crippen molar-refractivity contribution < 1.29 is 17.6 Å². The van der Waals surface area contributed by atoms with Crippen LogP contribution in [0.4, 0.5) is 17.6 Å². The summed E-state index contributed by atoms with van der Waals surface area (Å²) < 4.78 is 51.5. The molecular formula is C9H3F4N. The topological polar surface area (TPSA) is 12.9 Å². The van der Waals surface area contributed by atoms with Gasteiger partial charge < -0.3 is 0 Å². The summed E-state index contributed by atoms with van der Waals surface area (Å²) in [4.78, 5) is 3.49. The van der Waals surface area contributed by atoms with E-state index in [1.165, 1.54) is 6.20 Å². The highest BCUT2D eigenvalue weighted by Crippen LogP contribution is 2.25. The molecule has 0 saturated heterocycles.